The van der Waals surface area contributed by atoms with Crippen molar-refractivity contribution in [2.24, 2.45) is 0 Å². The monoisotopic (exact) mass is 226 g/mol. The molecule has 4 N–H and O–H groups in total. The molecule has 0 saturated carbocycles. The maximum Gasteiger partial charge on any atom is 0.277 e. The smallest absolute Gasteiger partial charge is 0.277 e. The summed E-state index contributed by atoms with van der Waals surface area (Å²) in [7, 11) is 0. The van der Waals surface area contributed by atoms with Crippen LogP contribution in [0.1, 0.15) is 6.42 Å². The molecule has 0 aromatic carbocycles. The van der Waals surface area contributed by atoms with E-state index in [1.807, 2.05) is 0 Å². The van der Waals surface area contributed by atoms with Crippen LogP contribution in [-0.2, 0) is 9.59 Å². The van der Waals surface area contributed by atoms with Crippen LogP contribution in [0.15, 0.2) is 4.79 Å². The van der Waals surface area contributed by atoms with Crippen LogP contribution in [0.4, 0.5) is 11.5 Å². The van der Waals surface area contributed by atoms with E-state index in [0.717, 1.165) is 0 Å². The van der Waals surface area contributed by atoms with Gasteiger partial charge in [0, 0.05) is 0 Å². The molecule has 8 heteroatoms. The molecule has 1 aromatic rings. The van der Waals surface area contributed by atoms with Crippen molar-refractivity contribution in [1.82, 2.24) is 9.97 Å². The van der Waals surface area contributed by atoms with Gasteiger partial charge in [-0.3, -0.25) is 19.4 Å². The maximum atomic E-state index is 11.4. The standard InChI is InChI=1S/C7H6N4O3S/c12-2-1-3(13)9-5-4(8-2)6(14)11-7(15)10-5/h1H2,(H,8,12)(H3,9,10,11,13,14,15). The summed E-state index contributed by atoms with van der Waals surface area (Å²) < 4.78 is 0.0789. The molecule has 1 aromatic heterocycles. The topological polar surface area (TPSA) is 107 Å². The van der Waals surface area contributed by atoms with E-state index in [1.54, 1.807) is 0 Å². The van der Waals surface area contributed by atoms with Crippen molar-refractivity contribution in [3.8, 4) is 0 Å². The van der Waals surface area contributed by atoms with Crippen molar-refractivity contribution in [3.05, 3.63) is 15.1 Å². The lowest BCUT2D eigenvalue weighted by atomic mass is 10.4. The zero-order valence-electron chi connectivity index (χ0n) is 7.34. The van der Waals surface area contributed by atoms with E-state index in [-0.39, 0.29) is 22.7 Å². The van der Waals surface area contributed by atoms with Crippen LogP contribution in [0.25, 0.3) is 0 Å². The minimum atomic E-state index is -0.552. The summed E-state index contributed by atoms with van der Waals surface area (Å²) in [6, 6.07) is 0. The van der Waals surface area contributed by atoms with E-state index in [0.29, 0.717) is 0 Å². The van der Waals surface area contributed by atoms with E-state index < -0.39 is 17.4 Å². The third kappa shape index (κ3) is 1.79. The molecule has 0 bridgehead atoms. The van der Waals surface area contributed by atoms with Crippen molar-refractivity contribution in [2.75, 3.05) is 10.6 Å². The van der Waals surface area contributed by atoms with Crippen molar-refractivity contribution in [2.45, 2.75) is 6.42 Å². The van der Waals surface area contributed by atoms with E-state index in [4.69, 9.17) is 12.2 Å². The van der Waals surface area contributed by atoms with E-state index in [9.17, 15) is 14.4 Å². The van der Waals surface area contributed by atoms with Gasteiger partial charge in [0.1, 0.15) is 17.9 Å². The summed E-state index contributed by atoms with van der Waals surface area (Å²) in [5.74, 6) is -0.927. The van der Waals surface area contributed by atoms with E-state index in [1.165, 1.54) is 0 Å². The largest absolute Gasteiger partial charge is 0.318 e. The zero-order chi connectivity index (χ0) is 11.0. The highest BCUT2D eigenvalue weighted by Gasteiger charge is 2.20. The van der Waals surface area contributed by atoms with Gasteiger partial charge in [0.2, 0.25) is 11.8 Å². The fourth-order valence-corrected chi connectivity index (χ4v) is 1.41. The van der Waals surface area contributed by atoms with Gasteiger partial charge in [-0.15, -0.1) is 0 Å². The van der Waals surface area contributed by atoms with Gasteiger partial charge in [-0.25, -0.2) is 0 Å². The lowest BCUT2D eigenvalue weighted by Gasteiger charge is -2.04. The van der Waals surface area contributed by atoms with Crippen LogP contribution in [0, 0.1) is 4.77 Å². The Hall–Kier alpha value is -1.96. The van der Waals surface area contributed by atoms with Crippen LogP contribution in [0.3, 0.4) is 0 Å². The molecule has 0 fully saturated rings. The molecular formula is C7H6N4O3S. The van der Waals surface area contributed by atoms with Crippen molar-refractivity contribution in [1.29, 1.82) is 0 Å². The molecule has 0 spiro atoms. The van der Waals surface area contributed by atoms with Gasteiger partial charge in [-0.1, -0.05) is 0 Å². The Balaban J connectivity index is 2.65. The predicted molar refractivity (Wildman–Crippen MR) is 54.1 cm³/mol. The molecule has 0 radical (unpaired) electrons. The number of anilines is 2. The highest BCUT2D eigenvalue weighted by atomic mass is 32.1. The predicted octanol–water partition coefficient (Wildman–Crippen LogP) is -0.287. The molecule has 0 saturated heterocycles. The molecule has 0 atom stereocenters. The Morgan fingerprint density at radius 3 is 2.40 bits per heavy atom. The average molecular weight is 226 g/mol. The van der Waals surface area contributed by atoms with Crippen molar-refractivity contribution in [3.63, 3.8) is 0 Å². The zero-order valence-corrected chi connectivity index (χ0v) is 8.16. The van der Waals surface area contributed by atoms with E-state index in [2.05, 4.69) is 20.6 Å². The maximum absolute atomic E-state index is 11.4. The number of H-pyrrole nitrogens is 2. The van der Waals surface area contributed by atoms with Gasteiger partial charge in [0.25, 0.3) is 5.56 Å². The highest BCUT2D eigenvalue weighted by Crippen LogP contribution is 2.16. The third-order valence-electron chi connectivity index (χ3n) is 1.79. The van der Waals surface area contributed by atoms with Gasteiger partial charge in [0.05, 0.1) is 0 Å². The second-order valence-electron chi connectivity index (χ2n) is 2.93. The Morgan fingerprint density at radius 2 is 1.67 bits per heavy atom. The number of rotatable bonds is 0. The molecule has 2 rings (SSSR count). The van der Waals surface area contributed by atoms with Crippen LogP contribution in [0.5, 0.6) is 0 Å². The van der Waals surface area contributed by atoms with E-state index >= 15 is 0 Å². The summed E-state index contributed by atoms with van der Waals surface area (Å²) in [4.78, 5) is 38.5. The second-order valence-corrected chi connectivity index (χ2v) is 3.34. The molecular weight excluding hydrogens is 220 g/mol. The van der Waals surface area contributed by atoms with Gasteiger partial charge in [0.15, 0.2) is 4.77 Å². The van der Waals surface area contributed by atoms with Gasteiger partial charge >= 0.3 is 0 Å². The molecule has 1 aliphatic rings. The average Bonchev–Trinajstić information content (AvgIpc) is 2.22. The summed E-state index contributed by atoms with van der Waals surface area (Å²) in [5.41, 5.74) is -0.580. The Bertz CT molecular complexity index is 558. The third-order valence-corrected chi connectivity index (χ3v) is 2.00. The molecule has 15 heavy (non-hydrogen) atoms. The fraction of sp³-hybridized carbons (Fsp3) is 0.143. The summed E-state index contributed by atoms with van der Waals surface area (Å²) in [6.45, 7) is 0. The molecule has 0 unspecified atom stereocenters. The van der Waals surface area contributed by atoms with Crippen LogP contribution in [0.2, 0.25) is 0 Å². The minimum Gasteiger partial charge on any atom is -0.318 e. The van der Waals surface area contributed by atoms with Gasteiger partial charge in [-0.05, 0) is 12.2 Å². The van der Waals surface area contributed by atoms with Crippen molar-refractivity contribution < 1.29 is 9.59 Å². The number of carbonyl (C=O) groups excluding carboxylic acids is 2. The van der Waals surface area contributed by atoms with Crippen molar-refractivity contribution >= 4 is 35.5 Å². The number of amides is 2. The highest BCUT2D eigenvalue weighted by molar-refractivity contribution is 7.71. The van der Waals surface area contributed by atoms with Crippen LogP contribution in [-0.4, -0.2) is 21.8 Å². The minimum absolute atomic E-state index is 0.0283. The number of nitrogens with one attached hydrogen (secondary N) is 4. The lowest BCUT2D eigenvalue weighted by Crippen LogP contribution is -2.19. The molecule has 78 valence electrons. The Morgan fingerprint density at radius 1 is 1.00 bits per heavy atom. The number of fused-ring (bicyclic) bond motifs is 1. The second kappa shape index (κ2) is 3.31. The van der Waals surface area contributed by atoms with Gasteiger partial charge < -0.3 is 15.6 Å². The van der Waals surface area contributed by atoms with Crippen LogP contribution >= 0.6 is 12.2 Å². The number of hydrogen-bond acceptors (Lipinski definition) is 4. The first kappa shape index (κ1) is 9.59. The Kier molecular flexibility index (Phi) is 2.12. The summed E-state index contributed by atoms with van der Waals surface area (Å²) in [5, 5.41) is 4.67. The quantitative estimate of drug-likeness (QED) is 0.360. The van der Waals surface area contributed by atoms with Crippen LogP contribution < -0.4 is 16.2 Å². The Labute approximate surface area is 87.9 Å². The molecule has 1 aliphatic heterocycles. The summed E-state index contributed by atoms with van der Waals surface area (Å²) >= 11 is 4.72. The number of carbonyl (C=O) groups is 2. The first-order valence-corrected chi connectivity index (χ1v) is 4.43. The SMILES string of the molecule is O=C1CC(=O)Nc2c([nH]c(=S)[nH]c2=O)N1. The van der Waals surface area contributed by atoms with Gasteiger partial charge in [-0.2, -0.15) is 0 Å². The number of hydrogen-bond donors (Lipinski definition) is 4. The molecule has 7 nitrogen and oxygen atoms in total. The lowest BCUT2D eigenvalue weighted by molar-refractivity contribution is -0.123. The fourth-order valence-electron chi connectivity index (χ4n) is 1.21. The first-order valence-electron chi connectivity index (χ1n) is 4.02. The summed E-state index contributed by atoms with van der Waals surface area (Å²) in [6.07, 6.45) is -0.325. The number of aromatic amines is 2. The molecule has 2 amide bonds. The number of aromatic nitrogens is 2. The first-order chi connectivity index (χ1) is 7.06. The normalized spacial score (nSPS) is 14.9. The molecule has 2 heterocycles. The molecule has 0 aliphatic carbocycles.